The predicted molar refractivity (Wildman–Crippen MR) is 157 cm³/mol. The van der Waals surface area contributed by atoms with Crippen LogP contribution in [0.5, 0.6) is 11.5 Å². The molecule has 2 fully saturated rings. The van der Waals surface area contributed by atoms with Crippen molar-refractivity contribution in [1.82, 2.24) is 0 Å². The first-order valence-corrected chi connectivity index (χ1v) is 14.8. The van der Waals surface area contributed by atoms with E-state index < -0.39 is 92.9 Å². The molecule has 2 heterocycles. The topological polar surface area (TPSA) is 281 Å². The smallest absolute Gasteiger partial charge is 0.338 e. The van der Waals surface area contributed by atoms with Gasteiger partial charge in [-0.2, -0.15) is 0 Å². The zero-order valence-electron chi connectivity index (χ0n) is 25.9. The van der Waals surface area contributed by atoms with Gasteiger partial charge in [-0.3, -0.25) is 0 Å². The maximum atomic E-state index is 12.7. The van der Waals surface area contributed by atoms with Gasteiger partial charge < -0.3 is 79.1 Å². The van der Waals surface area contributed by atoms with Crippen LogP contribution in [0.25, 0.3) is 0 Å². The largest absolute Gasteiger partial charge is 0.493 e. The van der Waals surface area contributed by atoms with Crippen LogP contribution in [-0.2, 0) is 28.5 Å². The van der Waals surface area contributed by atoms with Crippen molar-refractivity contribution < 1.29 is 88.7 Å². The number of carbonyl (C=O) groups is 2. The molecule has 0 bridgehead atoms. The van der Waals surface area contributed by atoms with E-state index in [2.05, 4.69) is 6.58 Å². The van der Waals surface area contributed by atoms with E-state index in [1.54, 1.807) is 0 Å². The molecule has 0 spiro atoms. The van der Waals surface area contributed by atoms with Gasteiger partial charge in [0, 0.05) is 6.42 Å². The number of methoxy groups -OCH3 is 1. The first kappa shape index (κ1) is 39.0. The molecule has 2 aliphatic rings. The molecule has 3 rings (SSSR count). The van der Waals surface area contributed by atoms with Gasteiger partial charge in [0.05, 0.1) is 44.3 Å². The van der Waals surface area contributed by atoms with Crippen molar-refractivity contribution in [2.45, 2.75) is 87.0 Å². The number of aliphatic hydroxyl groups is 8. The molecule has 0 unspecified atom stereocenters. The van der Waals surface area contributed by atoms with E-state index in [4.69, 9.17) is 33.2 Å². The summed E-state index contributed by atoms with van der Waals surface area (Å²) in [7, 11) is 1.28. The number of hydrogen-bond donors (Lipinski definition) is 9. The molecule has 1 aromatic carbocycles. The molecule has 270 valence electrons. The van der Waals surface area contributed by atoms with Crippen LogP contribution < -0.4 is 9.47 Å². The molecular weight excluding hydrogens is 648 g/mol. The van der Waals surface area contributed by atoms with Crippen molar-refractivity contribution >= 4 is 11.9 Å². The van der Waals surface area contributed by atoms with Gasteiger partial charge in [-0.15, -0.1) is 6.58 Å². The lowest BCUT2D eigenvalue weighted by Gasteiger charge is -2.40. The summed E-state index contributed by atoms with van der Waals surface area (Å²) in [6.45, 7) is 2.02. The summed E-state index contributed by atoms with van der Waals surface area (Å²) in [4.78, 5) is 24.5. The van der Waals surface area contributed by atoms with Gasteiger partial charge in [0.1, 0.15) is 48.8 Å². The van der Waals surface area contributed by atoms with Crippen LogP contribution in [-0.4, -0.2) is 153 Å². The van der Waals surface area contributed by atoms with Crippen molar-refractivity contribution in [3.8, 4) is 11.5 Å². The molecule has 18 heteroatoms. The SMILES string of the molecule is C=CC[C@@H](O/C=C(\CCCOC(=O)c1ccc(O[C@@H]2O[C@H](CO)[C@@H](O)[C@H](O)[C@H]2O)c(OC)c1)C(=O)O)O[C@H]1O[C@H](CO)[C@H](O)[C@@H](O)[C@H]1O. The Balaban J connectivity index is 1.55. The summed E-state index contributed by atoms with van der Waals surface area (Å²) in [5.74, 6) is -2.11. The number of rotatable bonds is 17. The number of carboxylic acids is 1. The summed E-state index contributed by atoms with van der Waals surface area (Å²) in [5, 5.41) is 88.6. The number of benzene rings is 1. The quantitative estimate of drug-likeness (QED) is 0.0204. The predicted octanol–water partition coefficient (Wildman–Crippen LogP) is -2.49. The highest BCUT2D eigenvalue weighted by Gasteiger charge is 2.46. The molecule has 1 aromatic rings. The lowest BCUT2D eigenvalue weighted by Crippen LogP contribution is -2.60. The Kier molecular flexibility index (Phi) is 15.0. The third kappa shape index (κ3) is 9.83. The van der Waals surface area contributed by atoms with Gasteiger partial charge >= 0.3 is 11.9 Å². The molecule has 0 saturated carbocycles. The van der Waals surface area contributed by atoms with E-state index in [1.807, 2.05) is 0 Å². The van der Waals surface area contributed by atoms with E-state index in [-0.39, 0.29) is 48.5 Å². The number of ether oxygens (including phenoxy) is 7. The highest BCUT2D eigenvalue weighted by Crippen LogP contribution is 2.32. The zero-order chi connectivity index (χ0) is 35.5. The number of carboxylic acid groups (broad SMARTS) is 1. The normalized spacial score (nSPS) is 31.4. The van der Waals surface area contributed by atoms with Crippen LogP contribution in [0.1, 0.15) is 29.6 Å². The molecule has 9 N–H and O–H groups in total. The number of esters is 1. The lowest BCUT2D eigenvalue weighted by molar-refractivity contribution is -0.331. The van der Waals surface area contributed by atoms with Crippen molar-refractivity contribution in [2.24, 2.45) is 0 Å². The Morgan fingerprint density at radius 3 is 2.06 bits per heavy atom. The van der Waals surface area contributed by atoms with Crippen molar-refractivity contribution in [2.75, 3.05) is 26.9 Å². The maximum Gasteiger partial charge on any atom is 0.338 e. The molecule has 11 atom stereocenters. The Morgan fingerprint density at radius 2 is 1.50 bits per heavy atom. The first-order valence-electron chi connectivity index (χ1n) is 14.8. The molecule has 48 heavy (non-hydrogen) atoms. The monoisotopic (exact) mass is 690 g/mol. The highest BCUT2D eigenvalue weighted by molar-refractivity contribution is 5.90. The third-order valence-electron chi connectivity index (χ3n) is 7.44. The fraction of sp³-hybridized carbons (Fsp3) is 0.600. The lowest BCUT2D eigenvalue weighted by atomic mass is 9.99. The van der Waals surface area contributed by atoms with E-state index in [0.717, 1.165) is 6.26 Å². The van der Waals surface area contributed by atoms with Gasteiger partial charge in [-0.1, -0.05) is 6.08 Å². The van der Waals surface area contributed by atoms with Crippen LogP contribution in [0.15, 0.2) is 42.7 Å². The molecule has 2 saturated heterocycles. The van der Waals surface area contributed by atoms with Gasteiger partial charge in [-0.25, -0.2) is 9.59 Å². The van der Waals surface area contributed by atoms with Crippen LogP contribution >= 0.6 is 0 Å². The summed E-state index contributed by atoms with van der Waals surface area (Å²) < 4.78 is 37.6. The second-order valence-corrected chi connectivity index (χ2v) is 10.8. The second kappa shape index (κ2) is 18.4. The fourth-order valence-corrected chi connectivity index (χ4v) is 4.68. The molecule has 0 aromatic heterocycles. The number of carbonyl (C=O) groups excluding carboxylic acids is 1. The minimum absolute atomic E-state index is 0.0000946. The molecule has 2 aliphatic heterocycles. The standard InChI is InChI=1S/C30H42O18/c1-3-5-20(48-30-26(38)24(36)22(34)19(12-32)47-30)44-13-15(27(39)40)6-4-9-43-28(41)14-7-8-16(17(10-14)42-2)45-29-25(37)23(35)21(33)18(11-31)46-29/h3,7-8,10,13,18-26,29-38H,1,4-6,9,11-12H2,2H3,(H,39,40)/b15-13+/t18-,19-,20+,21-,22+,23+,24-,25-,26-,29-,30-/m1/s1. The average molecular weight is 691 g/mol. The average Bonchev–Trinajstić information content (AvgIpc) is 3.07. The molecule has 0 radical (unpaired) electrons. The van der Waals surface area contributed by atoms with Gasteiger partial charge in [-0.05, 0) is 31.0 Å². The molecule has 0 aliphatic carbocycles. The Morgan fingerprint density at radius 1 is 0.896 bits per heavy atom. The Hall–Kier alpha value is -3.40. The van der Waals surface area contributed by atoms with Gasteiger partial charge in [0.25, 0.3) is 0 Å². The summed E-state index contributed by atoms with van der Waals surface area (Å²) in [6, 6.07) is 3.90. The van der Waals surface area contributed by atoms with Crippen LogP contribution in [0.3, 0.4) is 0 Å². The summed E-state index contributed by atoms with van der Waals surface area (Å²) >= 11 is 0. The Labute approximate surface area is 274 Å². The zero-order valence-corrected chi connectivity index (χ0v) is 25.9. The minimum Gasteiger partial charge on any atom is -0.493 e. The van der Waals surface area contributed by atoms with E-state index in [9.17, 15) is 55.5 Å². The fourth-order valence-electron chi connectivity index (χ4n) is 4.68. The highest BCUT2D eigenvalue weighted by atomic mass is 16.8. The summed E-state index contributed by atoms with van der Waals surface area (Å²) in [6.07, 6.45) is -14.4. The van der Waals surface area contributed by atoms with E-state index in [0.29, 0.717) is 0 Å². The number of hydrogen-bond acceptors (Lipinski definition) is 17. The van der Waals surface area contributed by atoms with Crippen molar-refractivity contribution in [3.63, 3.8) is 0 Å². The van der Waals surface area contributed by atoms with E-state index in [1.165, 1.54) is 31.4 Å². The molecular formula is C30H42O18. The van der Waals surface area contributed by atoms with Crippen molar-refractivity contribution in [1.29, 1.82) is 0 Å². The van der Waals surface area contributed by atoms with Crippen LogP contribution in [0.2, 0.25) is 0 Å². The molecule has 18 nitrogen and oxygen atoms in total. The van der Waals surface area contributed by atoms with Crippen LogP contribution in [0, 0.1) is 0 Å². The van der Waals surface area contributed by atoms with Crippen molar-refractivity contribution in [3.05, 3.63) is 48.3 Å². The van der Waals surface area contributed by atoms with E-state index >= 15 is 0 Å². The maximum absolute atomic E-state index is 12.7. The molecule has 0 amide bonds. The number of aliphatic carboxylic acids is 1. The minimum atomic E-state index is -1.71. The summed E-state index contributed by atoms with van der Waals surface area (Å²) in [5.41, 5.74) is -0.197. The van der Waals surface area contributed by atoms with Gasteiger partial charge in [0.2, 0.25) is 12.6 Å². The first-order chi connectivity index (χ1) is 22.9. The van der Waals surface area contributed by atoms with Gasteiger partial charge in [0.15, 0.2) is 17.8 Å². The van der Waals surface area contributed by atoms with Crippen LogP contribution in [0.4, 0.5) is 0 Å². The second-order valence-electron chi connectivity index (χ2n) is 10.8. The number of aliphatic hydroxyl groups excluding tert-OH is 8. The Bertz CT molecular complexity index is 1240. The third-order valence-corrected chi connectivity index (χ3v) is 7.44.